The minimum atomic E-state index is 0. The number of benzene rings is 1. The predicted octanol–water partition coefficient (Wildman–Crippen LogP) is 3.70. The van der Waals surface area contributed by atoms with E-state index in [9.17, 15) is 0 Å². The normalized spacial score (nSPS) is 18.1. The van der Waals surface area contributed by atoms with Crippen LogP contribution in [0.1, 0.15) is 33.6 Å². The number of para-hydroxylation sites is 1. The zero-order valence-corrected chi connectivity index (χ0v) is 19.7. The number of piperidine rings is 1. The fourth-order valence-corrected chi connectivity index (χ4v) is 3.32. The molecular weight excluding hydrogens is 451 g/mol. The van der Waals surface area contributed by atoms with E-state index in [2.05, 4.69) is 42.9 Å². The fraction of sp³-hybridized carbons (Fsp3) is 0.667. The molecule has 1 aromatic carbocycles. The number of likely N-dealkylation sites (tertiary alicyclic amines) is 1. The Bertz CT molecular complexity index is 538. The Balaban J connectivity index is 0.00000364. The van der Waals surface area contributed by atoms with Crippen LogP contribution in [-0.4, -0.2) is 68.2 Å². The highest BCUT2D eigenvalue weighted by molar-refractivity contribution is 14.0. The number of guanidine groups is 1. The smallest absolute Gasteiger partial charge is 0.193 e. The van der Waals surface area contributed by atoms with Crippen molar-refractivity contribution >= 4 is 29.9 Å². The van der Waals surface area contributed by atoms with Crippen molar-refractivity contribution in [3.63, 3.8) is 0 Å². The Labute approximate surface area is 182 Å². The molecule has 1 fully saturated rings. The van der Waals surface area contributed by atoms with Crippen LogP contribution in [-0.2, 0) is 0 Å². The van der Waals surface area contributed by atoms with Gasteiger partial charge in [0.15, 0.2) is 5.96 Å². The zero-order valence-electron chi connectivity index (χ0n) is 17.4. The number of aliphatic imine (C=N–C) groups is 1. The van der Waals surface area contributed by atoms with Gasteiger partial charge < -0.3 is 19.9 Å². The number of halogens is 1. The standard InChI is InChI=1S/C21H36N4O.HI/c1-5-22-21(23-16-19-10-9-13-25(17-19)18(2)3)24(4)14-15-26-20-11-7-6-8-12-20;/h6-8,11-12,18-19H,5,9-10,13-17H2,1-4H3,(H,22,23);1H. The molecule has 0 radical (unpaired) electrons. The van der Waals surface area contributed by atoms with Crippen LogP contribution in [0, 0.1) is 5.92 Å². The van der Waals surface area contributed by atoms with Crippen LogP contribution in [0.25, 0.3) is 0 Å². The molecule has 6 heteroatoms. The number of likely N-dealkylation sites (N-methyl/N-ethyl adjacent to an activating group) is 1. The summed E-state index contributed by atoms with van der Waals surface area (Å²) in [5.74, 6) is 2.55. The van der Waals surface area contributed by atoms with Gasteiger partial charge in [-0.1, -0.05) is 18.2 Å². The van der Waals surface area contributed by atoms with Crippen molar-refractivity contribution in [2.45, 2.75) is 39.7 Å². The Kier molecular flexibility index (Phi) is 11.7. The molecule has 1 saturated heterocycles. The number of nitrogens with zero attached hydrogens (tertiary/aromatic N) is 3. The van der Waals surface area contributed by atoms with Gasteiger partial charge in [0.2, 0.25) is 0 Å². The van der Waals surface area contributed by atoms with E-state index in [1.807, 2.05) is 30.3 Å². The molecular formula is C21H37IN4O. The summed E-state index contributed by atoms with van der Waals surface area (Å²) in [6.45, 7) is 12.3. The monoisotopic (exact) mass is 488 g/mol. The second-order valence-electron chi connectivity index (χ2n) is 7.37. The largest absolute Gasteiger partial charge is 0.492 e. The van der Waals surface area contributed by atoms with E-state index < -0.39 is 0 Å². The maximum Gasteiger partial charge on any atom is 0.193 e. The van der Waals surface area contributed by atoms with E-state index in [-0.39, 0.29) is 24.0 Å². The van der Waals surface area contributed by atoms with Crippen LogP contribution < -0.4 is 10.1 Å². The van der Waals surface area contributed by atoms with E-state index in [1.54, 1.807) is 0 Å². The lowest BCUT2D eigenvalue weighted by Crippen LogP contribution is -2.43. The molecule has 154 valence electrons. The fourth-order valence-electron chi connectivity index (χ4n) is 3.32. The summed E-state index contributed by atoms with van der Waals surface area (Å²) in [5.41, 5.74) is 0. The average molecular weight is 488 g/mol. The van der Waals surface area contributed by atoms with Gasteiger partial charge in [-0.25, -0.2) is 0 Å². The molecule has 0 saturated carbocycles. The van der Waals surface area contributed by atoms with Gasteiger partial charge in [0.05, 0.1) is 6.54 Å². The quantitative estimate of drug-likeness (QED) is 0.344. The SMILES string of the molecule is CCNC(=NCC1CCCN(C(C)C)C1)N(C)CCOc1ccccc1.I. The highest BCUT2D eigenvalue weighted by atomic mass is 127. The average Bonchev–Trinajstić information content (AvgIpc) is 2.66. The van der Waals surface area contributed by atoms with E-state index in [0.717, 1.165) is 31.3 Å². The minimum Gasteiger partial charge on any atom is -0.492 e. The van der Waals surface area contributed by atoms with E-state index in [4.69, 9.17) is 9.73 Å². The molecule has 2 rings (SSSR count). The summed E-state index contributed by atoms with van der Waals surface area (Å²) in [5, 5.41) is 3.41. The number of nitrogens with one attached hydrogen (secondary N) is 1. The van der Waals surface area contributed by atoms with Gasteiger partial charge >= 0.3 is 0 Å². The third-order valence-electron chi connectivity index (χ3n) is 4.92. The number of rotatable bonds is 8. The van der Waals surface area contributed by atoms with Gasteiger partial charge in [-0.05, 0) is 58.2 Å². The van der Waals surface area contributed by atoms with E-state index >= 15 is 0 Å². The second-order valence-corrected chi connectivity index (χ2v) is 7.37. The van der Waals surface area contributed by atoms with Crippen LogP contribution in [0.5, 0.6) is 5.75 Å². The van der Waals surface area contributed by atoms with Gasteiger partial charge in [0.1, 0.15) is 12.4 Å². The topological polar surface area (TPSA) is 40.1 Å². The molecule has 1 aromatic rings. The summed E-state index contributed by atoms with van der Waals surface area (Å²) in [6, 6.07) is 10.6. The van der Waals surface area contributed by atoms with Crippen LogP contribution in [0.3, 0.4) is 0 Å². The third kappa shape index (κ3) is 8.68. The molecule has 0 aromatic heterocycles. The highest BCUT2D eigenvalue weighted by Crippen LogP contribution is 2.18. The van der Waals surface area contributed by atoms with Crippen molar-refractivity contribution in [2.75, 3.05) is 46.4 Å². The van der Waals surface area contributed by atoms with Crippen LogP contribution in [0.2, 0.25) is 0 Å². The van der Waals surface area contributed by atoms with E-state index in [0.29, 0.717) is 18.6 Å². The maximum absolute atomic E-state index is 5.81. The summed E-state index contributed by atoms with van der Waals surface area (Å²) >= 11 is 0. The van der Waals surface area contributed by atoms with Gasteiger partial charge in [0.25, 0.3) is 0 Å². The third-order valence-corrected chi connectivity index (χ3v) is 4.92. The van der Waals surface area contributed by atoms with Crippen molar-refractivity contribution in [3.8, 4) is 5.75 Å². The van der Waals surface area contributed by atoms with Crippen LogP contribution in [0.4, 0.5) is 0 Å². The van der Waals surface area contributed by atoms with Crippen molar-refractivity contribution in [3.05, 3.63) is 30.3 Å². The highest BCUT2D eigenvalue weighted by Gasteiger charge is 2.21. The summed E-state index contributed by atoms with van der Waals surface area (Å²) in [7, 11) is 2.08. The molecule has 0 aliphatic carbocycles. The zero-order chi connectivity index (χ0) is 18.8. The maximum atomic E-state index is 5.81. The van der Waals surface area contributed by atoms with Crippen LogP contribution in [0.15, 0.2) is 35.3 Å². The van der Waals surface area contributed by atoms with Crippen molar-refractivity contribution in [1.29, 1.82) is 0 Å². The Hall–Kier alpha value is -1.02. The van der Waals surface area contributed by atoms with Gasteiger partial charge in [0, 0.05) is 32.7 Å². The van der Waals surface area contributed by atoms with Crippen molar-refractivity contribution in [2.24, 2.45) is 10.9 Å². The first-order valence-corrected chi connectivity index (χ1v) is 10.0. The lowest BCUT2D eigenvalue weighted by Gasteiger charge is -2.35. The molecule has 0 spiro atoms. The Morgan fingerprint density at radius 1 is 1.33 bits per heavy atom. The summed E-state index contributed by atoms with van der Waals surface area (Å²) in [4.78, 5) is 9.65. The molecule has 27 heavy (non-hydrogen) atoms. The molecule has 0 amide bonds. The molecule has 5 nitrogen and oxygen atoms in total. The number of hydrogen-bond donors (Lipinski definition) is 1. The summed E-state index contributed by atoms with van der Waals surface area (Å²) < 4.78 is 5.81. The summed E-state index contributed by atoms with van der Waals surface area (Å²) in [6.07, 6.45) is 2.57. The van der Waals surface area contributed by atoms with Crippen molar-refractivity contribution < 1.29 is 4.74 Å². The van der Waals surface area contributed by atoms with Gasteiger partial charge in [-0.15, -0.1) is 24.0 Å². The Morgan fingerprint density at radius 2 is 2.07 bits per heavy atom. The number of hydrogen-bond acceptors (Lipinski definition) is 3. The van der Waals surface area contributed by atoms with Gasteiger partial charge in [-0.3, -0.25) is 4.99 Å². The minimum absolute atomic E-state index is 0. The van der Waals surface area contributed by atoms with Gasteiger partial charge in [-0.2, -0.15) is 0 Å². The molecule has 1 aliphatic rings. The van der Waals surface area contributed by atoms with Crippen molar-refractivity contribution in [1.82, 2.24) is 15.1 Å². The lowest BCUT2D eigenvalue weighted by molar-refractivity contribution is 0.143. The van der Waals surface area contributed by atoms with Crippen LogP contribution >= 0.6 is 24.0 Å². The first-order chi connectivity index (χ1) is 12.6. The molecule has 0 bridgehead atoms. The number of ether oxygens (including phenoxy) is 1. The second kappa shape index (κ2) is 13.2. The van der Waals surface area contributed by atoms with E-state index in [1.165, 1.54) is 25.9 Å². The molecule has 1 heterocycles. The molecule has 1 N–H and O–H groups in total. The Morgan fingerprint density at radius 3 is 2.74 bits per heavy atom. The molecule has 1 atom stereocenters. The first kappa shape index (κ1) is 24.0. The lowest BCUT2D eigenvalue weighted by atomic mass is 9.97. The first-order valence-electron chi connectivity index (χ1n) is 10.0. The predicted molar refractivity (Wildman–Crippen MR) is 125 cm³/mol. The molecule has 1 aliphatic heterocycles. The molecule has 1 unspecified atom stereocenters.